The molecule has 0 atom stereocenters. The third kappa shape index (κ3) is 2.12. The largest absolute Gasteiger partial charge is 0.464 e. The number of hydrogen-bond acceptors (Lipinski definition) is 1. The van der Waals surface area contributed by atoms with Crippen LogP contribution < -0.4 is 0 Å². The van der Waals surface area contributed by atoms with E-state index in [2.05, 4.69) is 13.8 Å². The van der Waals surface area contributed by atoms with Crippen LogP contribution >= 0.6 is 0 Å². The fourth-order valence-electron chi connectivity index (χ4n) is 0.906. The lowest BCUT2D eigenvalue weighted by Gasteiger charge is -1.81. The van der Waals surface area contributed by atoms with Gasteiger partial charge in [0.2, 0.25) is 0 Å². The number of rotatable bonds is 0. The molecule has 0 amide bonds. The molecular formula is C11H14O. The van der Waals surface area contributed by atoms with Crippen LogP contribution in [-0.4, -0.2) is 0 Å². The summed E-state index contributed by atoms with van der Waals surface area (Å²) in [6.45, 7) is 4.25. The van der Waals surface area contributed by atoms with Gasteiger partial charge in [-0.3, -0.25) is 0 Å². The van der Waals surface area contributed by atoms with Crippen LogP contribution in [0, 0.1) is 0 Å². The maximum absolute atomic E-state index is 5.12. The first kappa shape index (κ1) is 8.85. The van der Waals surface area contributed by atoms with Crippen LogP contribution in [0.25, 0.3) is 11.0 Å². The van der Waals surface area contributed by atoms with E-state index in [0.29, 0.717) is 0 Å². The lowest BCUT2D eigenvalue weighted by molar-refractivity contribution is 0.616. The molecule has 2 aromatic rings. The van der Waals surface area contributed by atoms with E-state index in [1.54, 1.807) is 6.26 Å². The van der Waals surface area contributed by atoms with Crippen molar-refractivity contribution in [2.24, 2.45) is 0 Å². The molecule has 0 aliphatic heterocycles. The number of fused-ring (bicyclic) bond motifs is 1. The van der Waals surface area contributed by atoms with E-state index in [1.807, 2.05) is 30.3 Å². The second kappa shape index (κ2) is 4.60. The molecule has 0 spiro atoms. The van der Waals surface area contributed by atoms with Crippen molar-refractivity contribution >= 4 is 11.0 Å². The lowest BCUT2D eigenvalue weighted by atomic mass is 10.3. The fourth-order valence-corrected chi connectivity index (χ4v) is 0.906. The van der Waals surface area contributed by atoms with E-state index in [1.165, 1.54) is 6.42 Å². The summed E-state index contributed by atoms with van der Waals surface area (Å²) in [5.74, 6) is 0. The zero-order chi connectivity index (χ0) is 8.81. The molecule has 0 aliphatic carbocycles. The fraction of sp³-hybridized carbons (Fsp3) is 0.273. The van der Waals surface area contributed by atoms with Crippen molar-refractivity contribution in [2.45, 2.75) is 20.3 Å². The van der Waals surface area contributed by atoms with E-state index in [0.717, 1.165) is 11.0 Å². The van der Waals surface area contributed by atoms with Gasteiger partial charge < -0.3 is 4.42 Å². The first-order chi connectivity index (χ1) is 5.88. The number of benzene rings is 1. The number of para-hydroxylation sites is 1. The van der Waals surface area contributed by atoms with E-state index in [4.69, 9.17) is 4.42 Å². The Morgan fingerprint density at radius 1 is 1.08 bits per heavy atom. The van der Waals surface area contributed by atoms with Crippen molar-refractivity contribution in [1.82, 2.24) is 0 Å². The van der Waals surface area contributed by atoms with Crippen molar-refractivity contribution in [3.63, 3.8) is 0 Å². The minimum absolute atomic E-state index is 0.956. The minimum atomic E-state index is 0.956. The van der Waals surface area contributed by atoms with Gasteiger partial charge in [-0.1, -0.05) is 38.5 Å². The summed E-state index contributed by atoms with van der Waals surface area (Å²) in [7, 11) is 0. The van der Waals surface area contributed by atoms with Crippen molar-refractivity contribution < 1.29 is 4.42 Å². The highest BCUT2D eigenvalue weighted by atomic mass is 16.3. The van der Waals surface area contributed by atoms with Crippen LogP contribution in [0.4, 0.5) is 0 Å². The van der Waals surface area contributed by atoms with Crippen LogP contribution in [-0.2, 0) is 0 Å². The van der Waals surface area contributed by atoms with Crippen LogP contribution in [0.2, 0.25) is 0 Å². The molecule has 12 heavy (non-hydrogen) atoms. The number of hydrogen-bond donors (Lipinski definition) is 0. The van der Waals surface area contributed by atoms with E-state index < -0.39 is 0 Å². The maximum Gasteiger partial charge on any atom is 0.133 e. The smallest absolute Gasteiger partial charge is 0.133 e. The van der Waals surface area contributed by atoms with Gasteiger partial charge in [0.25, 0.3) is 0 Å². The summed E-state index contributed by atoms with van der Waals surface area (Å²) in [5, 5.41) is 1.16. The van der Waals surface area contributed by atoms with Crippen LogP contribution in [0.1, 0.15) is 20.3 Å². The molecule has 1 aromatic carbocycles. The molecule has 2 rings (SSSR count). The van der Waals surface area contributed by atoms with Gasteiger partial charge in [-0.25, -0.2) is 0 Å². The van der Waals surface area contributed by atoms with Crippen LogP contribution in [0.15, 0.2) is 41.0 Å². The summed E-state index contributed by atoms with van der Waals surface area (Å²) >= 11 is 0. The first-order valence-corrected chi connectivity index (χ1v) is 4.30. The minimum Gasteiger partial charge on any atom is -0.464 e. The second-order valence-electron chi connectivity index (χ2n) is 2.67. The molecule has 0 saturated heterocycles. The third-order valence-electron chi connectivity index (χ3n) is 1.36. The van der Waals surface area contributed by atoms with Crippen LogP contribution in [0.5, 0.6) is 0 Å². The van der Waals surface area contributed by atoms with E-state index in [-0.39, 0.29) is 0 Å². The van der Waals surface area contributed by atoms with Gasteiger partial charge in [0.15, 0.2) is 0 Å². The Bertz CT molecular complexity index is 292. The highest BCUT2D eigenvalue weighted by Crippen LogP contribution is 2.12. The molecule has 1 nitrogen and oxygen atoms in total. The van der Waals surface area contributed by atoms with Crippen molar-refractivity contribution in [2.75, 3.05) is 0 Å². The van der Waals surface area contributed by atoms with Crippen LogP contribution in [0.3, 0.4) is 0 Å². The Morgan fingerprint density at radius 2 is 1.75 bits per heavy atom. The molecule has 0 bridgehead atoms. The molecule has 0 radical (unpaired) electrons. The van der Waals surface area contributed by atoms with Gasteiger partial charge in [0.05, 0.1) is 6.26 Å². The third-order valence-corrected chi connectivity index (χ3v) is 1.36. The molecule has 1 heteroatoms. The van der Waals surface area contributed by atoms with Gasteiger partial charge in [-0.2, -0.15) is 0 Å². The maximum atomic E-state index is 5.12. The number of furan rings is 1. The van der Waals surface area contributed by atoms with Crippen molar-refractivity contribution in [3.05, 3.63) is 36.6 Å². The summed E-state index contributed by atoms with van der Waals surface area (Å²) in [5.41, 5.74) is 0.956. The molecule has 0 unspecified atom stereocenters. The molecule has 64 valence electrons. The van der Waals surface area contributed by atoms with Crippen molar-refractivity contribution in [3.8, 4) is 0 Å². The monoisotopic (exact) mass is 162 g/mol. The zero-order valence-corrected chi connectivity index (χ0v) is 7.58. The quantitative estimate of drug-likeness (QED) is 0.573. The molecule has 1 aromatic heterocycles. The topological polar surface area (TPSA) is 13.1 Å². The Kier molecular flexibility index (Phi) is 3.39. The molecule has 0 N–H and O–H groups in total. The molecule has 0 saturated carbocycles. The summed E-state index contributed by atoms with van der Waals surface area (Å²) in [4.78, 5) is 0. The Balaban J connectivity index is 0.000000213. The Morgan fingerprint density at radius 3 is 2.42 bits per heavy atom. The first-order valence-electron chi connectivity index (χ1n) is 4.30. The van der Waals surface area contributed by atoms with Crippen molar-refractivity contribution in [1.29, 1.82) is 0 Å². The normalized spacial score (nSPS) is 9.17. The van der Waals surface area contributed by atoms with E-state index in [9.17, 15) is 0 Å². The Hall–Kier alpha value is -1.24. The Labute approximate surface area is 73.0 Å². The highest BCUT2D eigenvalue weighted by Gasteiger charge is 1.89. The zero-order valence-electron chi connectivity index (χ0n) is 7.58. The average Bonchev–Trinajstić information content (AvgIpc) is 2.52. The van der Waals surface area contributed by atoms with Gasteiger partial charge in [-0.15, -0.1) is 0 Å². The van der Waals surface area contributed by atoms with Gasteiger partial charge in [0, 0.05) is 5.39 Å². The SMILES string of the molecule is CCC.c1ccc2occc2c1. The average molecular weight is 162 g/mol. The predicted molar refractivity (Wildman–Crippen MR) is 52.2 cm³/mol. The molecular weight excluding hydrogens is 148 g/mol. The molecule has 0 fully saturated rings. The lowest BCUT2D eigenvalue weighted by Crippen LogP contribution is -1.57. The highest BCUT2D eigenvalue weighted by molar-refractivity contribution is 5.76. The van der Waals surface area contributed by atoms with Gasteiger partial charge in [0.1, 0.15) is 5.58 Å². The summed E-state index contributed by atoms with van der Waals surface area (Å²) in [6.07, 6.45) is 2.95. The van der Waals surface area contributed by atoms with Gasteiger partial charge >= 0.3 is 0 Å². The standard InChI is InChI=1S/C8H6O.C3H8/c1-2-4-8-7(3-1)5-6-9-8;1-3-2/h1-6H;3H2,1-2H3. The van der Waals surface area contributed by atoms with E-state index >= 15 is 0 Å². The summed E-state index contributed by atoms with van der Waals surface area (Å²) < 4.78 is 5.12. The second-order valence-corrected chi connectivity index (χ2v) is 2.67. The van der Waals surface area contributed by atoms with Gasteiger partial charge in [-0.05, 0) is 12.1 Å². The molecule has 0 aliphatic rings. The molecule has 1 heterocycles. The summed E-state index contributed by atoms with van der Waals surface area (Å²) in [6, 6.07) is 9.90. The predicted octanol–water partition coefficient (Wildman–Crippen LogP) is 3.85.